The van der Waals surface area contributed by atoms with Gasteiger partial charge in [0.05, 0.1) is 24.1 Å². The molecule has 1 N–H and O–H groups in total. The molecule has 0 aliphatic carbocycles. The molecule has 1 aromatic heterocycles. The van der Waals surface area contributed by atoms with Gasteiger partial charge in [-0.25, -0.2) is 0 Å². The second-order valence-electron chi connectivity index (χ2n) is 7.85. The van der Waals surface area contributed by atoms with Crippen LogP contribution in [0.4, 0.5) is 0 Å². The largest absolute Gasteiger partial charge is 0.383 e. The van der Waals surface area contributed by atoms with Crippen molar-refractivity contribution in [3.05, 3.63) is 77.5 Å². The summed E-state index contributed by atoms with van der Waals surface area (Å²) in [4.78, 5) is 32.3. The van der Waals surface area contributed by atoms with E-state index < -0.39 is 0 Å². The van der Waals surface area contributed by atoms with Gasteiger partial charge < -0.3 is 15.0 Å². The van der Waals surface area contributed by atoms with Crippen LogP contribution < -0.4 is 5.32 Å². The Morgan fingerprint density at radius 1 is 1.13 bits per heavy atom. The van der Waals surface area contributed by atoms with Gasteiger partial charge in [0, 0.05) is 43.7 Å². The van der Waals surface area contributed by atoms with Crippen LogP contribution in [0.1, 0.15) is 34.0 Å². The normalized spacial score (nSPS) is 15.9. The van der Waals surface area contributed by atoms with Gasteiger partial charge in [0.1, 0.15) is 0 Å². The van der Waals surface area contributed by atoms with E-state index >= 15 is 0 Å². The highest BCUT2D eigenvalue weighted by atomic mass is 16.5. The second kappa shape index (κ2) is 9.71. The first-order valence-electron chi connectivity index (χ1n) is 10.6. The fourth-order valence-electron chi connectivity index (χ4n) is 4.07. The Labute approximate surface area is 182 Å². The van der Waals surface area contributed by atoms with E-state index in [4.69, 9.17) is 9.72 Å². The zero-order valence-electron chi connectivity index (χ0n) is 17.7. The van der Waals surface area contributed by atoms with E-state index in [0.29, 0.717) is 38.2 Å². The zero-order chi connectivity index (χ0) is 21.6. The Hall–Kier alpha value is -3.25. The van der Waals surface area contributed by atoms with E-state index in [1.54, 1.807) is 7.11 Å². The molecular weight excluding hydrogens is 390 g/mol. The molecule has 0 spiro atoms. The van der Waals surface area contributed by atoms with Crippen LogP contribution in [0, 0.1) is 0 Å². The van der Waals surface area contributed by atoms with Crippen molar-refractivity contribution in [1.82, 2.24) is 15.2 Å². The summed E-state index contributed by atoms with van der Waals surface area (Å²) in [5, 5.41) is 3.74. The van der Waals surface area contributed by atoms with Gasteiger partial charge in [-0.05, 0) is 24.1 Å². The minimum Gasteiger partial charge on any atom is -0.383 e. The molecule has 1 saturated heterocycles. The number of fused-ring (bicyclic) bond motifs is 1. The van der Waals surface area contributed by atoms with Crippen molar-refractivity contribution in [2.24, 2.45) is 0 Å². The standard InChI is InChI=1S/C25H27N3O3/c1-31-14-12-26-25(30)21-16-23(27-22-10-6-5-9-20(21)22)19-11-13-28(17-19)24(29)15-18-7-3-2-4-8-18/h2-10,16,19H,11-15,17H2,1H3,(H,26,30). The van der Waals surface area contributed by atoms with Crippen LogP contribution in [0.2, 0.25) is 0 Å². The number of nitrogens with one attached hydrogen (secondary N) is 1. The summed E-state index contributed by atoms with van der Waals surface area (Å²) in [6.45, 7) is 2.25. The predicted molar refractivity (Wildman–Crippen MR) is 120 cm³/mol. The van der Waals surface area contributed by atoms with Crippen LogP contribution in [-0.2, 0) is 16.0 Å². The third kappa shape index (κ3) is 4.91. The van der Waals surface area contributed by atoms with Gasteiger partial charge in [-0.3, -0.25) is 14.6 Å². The first-order chi connectivity index (χ1) is 15.2. The highest BCUT2D eigenvalue weighted by molar-refractivity contribution is 6.06. The quantitative estimate of drug-likeness (QED) is 0.600. The van der Waals surface area contributed by atoms with Gasteiger partial charge in [-0.2, -0.15) is 0 Å². The Balaban J connectivity index is 1.53. The number of likely N-dealkylation sites (tertiary alicyclic amines) is 1. The first kappa shape index (κ1) is 21.0. The molecule has 0 saturated carbocycles. The van der Waals surface area contributed by atoms with E-state index in [9.17, 15) is 9.59 Å². The number of hydrogen-bond donors (Lipinski definition) is 1. The highest BCUT2D eigenvalue weighted by Gasteiger charge is 2.29. The summed E-state index contributed by atoms with van der Waals surface area (Å²) in [5.41, 5.74) is 3.30. The number of carbonyl (C=O) groups is 2. The number of nitrogens with zero attached hydrogens (tertiary/aromatic N) is 2. The molecule has 0 radical (unpaired) electrons. The average Bonchev–Trinajstić information content (AvgIpc) is 3.30. The van der Waals surface area contributed by atoms with Crippen LogP contribution >= 0.6 is 0 Å². The van der Waals surface area contributed by atoms with Crippen LogP contribution in [0.5, 0.6) is 0 Å². The van der Waals surface area contributed by atoms with E-state index in [1.807, 2.05) is 65.6 Å². The molecule has 160 valence electrons. The minimum atomic E-state index is -0.132. The fourth-order valence-corrected chi connectivity index (χ4v) is 4.07. The molecule has 3 aromatic rings. The van der Waals surface area contributed by atoms with Gasteiger partial charge in [0.2, 0.25) is 5.91 Å². The molecule has 1 fully saturated rings. The molecule has 1 aliphatic heterocycles. The van der Waals surface area contributed by atoms with Crippen LogP contribution in [0.25, 0.3) is 10.9 Å². The van der Waals surface area contributed by atoms with Crippen molar-refractivity contribution >= 4 is 22.7 Å². The maximum atomic E-state index is 12.8. The summed E-state index contributed by atoms with van der Waals surface area (Å²) < 4.78 is 5.03. The highest BCUT2D eigenvalue weighted by Crippen LogP contribution is 2.29. The summed E-state index contributed by atoms with van der Waals surface area (Å²) in [5.74, 6) is 0.119. The molecule has 1 atom stereocenters. The van der Waals surface area contributed by atoms with Gasteiger partial charge in [-0.1, -0.05) is 48.5 Å². The predicted octanol–water partition coefficient (Wildman–Crippen LogP) is 3.17. The molecule has 31 heavy (non-hydrogen) atoms. The molecular formula is C25H27N3O3. The number of methoxy groups -OCH3 is 1. The molecule has 2 aromatic carbocycles. The molecule has 6 nitrogen and oxygen atoms in total. The third-order valence-electron chi connectivity index (χ3n) is 5.73. The maximum Gasteiger partial charge on any atom is 0.252 e. The number of ether oxygens (including phenoxy) is 1. The summed E-state index contributed by atoms with van der Waals surface area (Å²) >= 11 is 0. The Morgan fingerprint density at radius 2 is 1.90 bits per heavy atom. The lowest BCUT2D eigenvalue weighted by molar-refractivity contribution is -0.129. The molecule has 2 heterocycles. The smallest absolute Gasteiger partial charge is 0.252 e. The third-order valence-corrected chi connectivity index (χ3v) is 5.73. The van der Waals surface area contributed by atoms with E-state index in [2.05, 4.69) is 5.32 Å². The summed E-state index contributed by atoms with van der Waals surface area (Å²) in [6, 6.07) is 19.4. The number of carbonyl (C=O) groups excluding carboxylic acids is 2. The first-order valence-corrected chi connectivity index (χ1v) is 10.6. The summed E-state index contributed by atoms with van der Waals surface area (Å²) in [7, 11) is 1.61. The van der Waals surface area contributed by atoms with Crippen molar-refractivity contribution in [2.75, 3.05) is 33.4 Å². The lowest BCUT2D eigenvalue weighted by Gasteiger charge is -2.17. The molecule has 0 bridgehead atoms. The molecule has 1 unspecified atom stereocenters. The van der Waals surface area contributed by atoms with Gasteiger partial charge in [0.25, 0.3) is 5.91 Å². The number of pyridine rings is 1. The monoisotopic (exact) mass is 417 g/mol. The second-order valence-corrected chi connectivity index (χ2v) is 7.85. The van der Waals surface area contributed by atoms with Crippen LogP contribution in [0.15, 0.2) is 60.7 Å². The Kier molecular flexibility index (Phi) is 6.57. The van der Waals surface area contributed by atoms with Crippen LogP contribution in [-0.4, -0.2) is 55.0 Å². The zero-order valence-corrected chi connectivity index (χ0v) is 17.7. The van der Waals surface area contributed by atoms with Crippen molar-refractivity contribution < 1.29 is 14.3 Å². The summed E-state index contributed by atoms with van der Waals surface area (Å²) in [6.07, 6.45) is 1.25. The molecule has 4 rings (SSSR count). The maximum absolute atomic E-state index is 12.8. The van der Waals surface area contributed by atoms with E-state index in [-0.39, 0.29) is 17.7 Å². The number of benzene rings is 2. The van der Waals surface area contributed by atoms with Crippen LogP contribution in [0.3, 0.4) is 0 Å². The van der Waals surface area contributed by atoms with Crippen molar-refractivity contribution in [3.8, 4) is 0 Å². The molecule has 6 heteroatoms. The number of rotatable bonds is 7. The van der Waals surface area contributed by atoms with E-state index in [1.165, 1.54) is 0 Å². The minimum absolute atomic E-state index is 0.120. The van der Waals surface area contributed by atoms with Gasteiger partial charge in [-0.15, -0.1) is 0 Å². The lowest BCUT2D eigenvalue weighted by Crippen LogP contribution is -2.30. The van der Waals surface area contributed by atoms with Crippen molar-refractivity contribution in [3.63, 3.8) is 0 Å². The fraction of sp³-hybridized carbons (Fsp3) is 0.320. The topological polar surface area (TPSA) is 71.5 Å². The van der Waals surface area contributed by atoms with E-state index in [0.717, 1.165) is 28.6 Å². The van der Waals surface area contributed by atoms with Crippen molar-refractivity contribution in [1.29, 1.82) is 0 Å². The van der Waals surface area contributed by atoms with Crippen molar-refractivity contribution in [2.45, 2.75) is 18.8 Å². The SMILES string of the molecule is COCCNC(=O)c1cc(C2CCN(C(=O)Cc3ccccc3)C2)nc2ccccc12. The number of aromatic nitrogens is 1. The average molecular weight is 418 g/mol. The number of amides is 2. The number of hydrogen-bond acceptors (Lipinski definition) is 4. The molecule has 2 amide bonds. The van der Waals surface area contributed by atoms with Gasteiger partial charge >= 0.3 is 0 Å². The lowest BCUT2D eigenvalue weighted by atomic mass is 9.99. The number of para-hydroxylation sites is 1. The molecule has 1 aliphatic rings. The Morgan fingerprint density at radius 3 is 2.71 bits per heavy atom. The Bertz CT molecular complexity index is 1070. The van der Waals surface area contributed by atoms with Gasteiger partial charge in [0.15, 0.2) is 0 Å².